The van der Waals surface area contributed by atoms with Gasteiger partial charge >= 0.3 is 0 Å². The molecule has 2 heteroatoms. The molecule has 0 spiro atoms. The summed E-state index contributed by atoms with van der Waals surface area (Å²) in [5.41, 5.74) is 9.34. The fourth-order valence-corrected chi connectivity index (χ4v) is 4.20. The highest BCUT2D eigenvalue weighted by atomic mass is 15.3. The smallest absolute Gasteiger partial charge is 0.0368 e. The van der Waals surface area contributed by atoms with Crippen LogP contribution >= 0.6 is 0 Å². The van der Waals surface area contributed by atoms with E-state index in [0.717, 1.165) is 50.6 Å². The number of aryl methyl sites for hydroxylation is 1. The molecule has 2 nitrogen and oxygen atoms in total. The van der Waals surface area contributed by atoms with Crippen molar-refractivity contribution in [2.24, 2.45) is 5.92 Å². The predicted molar refractivity (Wildman–Crippen MR) is 127 cm³/mol. The summed E-state index contributed by atoms with van der Waals surface area (Å²) in [6, 6.07) is 8.70. The fourth-order valence-electron chi connectivity index (χ4n) is 4.20. The minimum absolute atomic E-state index is 0.786. The largest absolute Gasteiger partial charge is 0.368 e. The van der Waals surface area contributed by atoms with E-state index in [1.807, 2.05) is 0 Å². The zero-order chi connectivity index (χ0) is 21.0. The van der Waals surface area contributed by atoms with Crippen LogP contribution < -0.4 is 0 Å². The van der Waals surface area contributed by atoms with Gasteiger partial charge in [0.2, 0.25) is 0 Å². The number of hydrogen-bond donors (Lipinski definition) is 0. The molecule has 3 rings (SSSR count). The van der Waals surface area contributed by atoms with Gasteiger partial charge in [0.05, 0.1) is 0 Å². The maximum Gasteiger partial charge on any atom is 0.0368 e. The van der Waals surface area contributed by atoms with Gasteiger partial charge in [-0.1, -0.05) is 68.0 Å². The lowest BCUT2D eigenvalue weighted by Crippen LogP contribution is -2.44. The van der Waals surface area contributed by atoms with Crippen LogP contribution in [0.2, 0.25) is 0 Å². The summed E-state index contributed by atoms with van der Waals surface area (Å²) in [7, 11) is 0. The van der Waals surface area contributed by atoms with E-state index in [-0.39, 0.29) is 0 Å². The third-order valence-electron chi connectivity index (χ3n) is 6.24. The number of rotatable bonds is 8. The van der Waals surface area contributed by atoms with Crippen LogP contribution in [0, 0.1) is 12.8 Å². The van der Waals surface area contributed by atoms with Gasteiger partial charge in [0.15, 0.2) is 0 Å². The number of hydrogen-bond acceptors (Lipinski definition) is 2. The Bertz CT molecular complexity index is 793. The molecule has 0 radical (unpaired) electrons. The van der Waals surface area contributed by atoms with Gasteiger partial charge in [0.1, 0.15) is 0 Å². The van der Waals surface area contributed by atoms with Crippen molar-refractivity contribution in [3.05, 3.63) is 77.0 Å². The molecular weight excluding hydrogens is 352 g/mol. The maximum absolute atomic E-state index is 4.52. The Morgan fingerprint density at radius 3 is 2.10 bits per heavy atom. The van der Waals surface area contributed by atoms with Gasteiger partial charge in [-0.3, -0.25) is 0 Å². The first-order chi connectivity index (χ1) is 13.9. The van der Waals surface area contributed by atoms with Gasteiger partial charge in [-0.2, -0.15) is 0 Å². The van der Waals surface area contributed by atoms with Crippen LogP contribution in [0.5, 0.6) is 0 Å². The minimum Gasteiger partial charge on any atom is -0.368 e. The van der Waals surface area contributed by atoms with Gasteiger partial charge in [0, 0.05) is 37.6 Å². The van der Waals surface area contributed by atoms with Crippen molar-refractivity contribution in [3.8, 4) is 0 Å². The van der Waals surface area contributed by atoms with Gasteiger partial charge in [-0.15, -0.1) is 0 Å². The van der Waals surface area contributed by atoms with Gasteiger partial charge < -0.3 is 9.80 Å². The van der Waals surface area contributed by atoms with Crippen molar-refractivity contribution < 1.29 is 0 Å². The second-order valence-electron chi connectivity index (χ2n) is 8.88. The number of allylic oxidation sites excluding steroid dienone is 4. The van der Waals surface area contributed by atoms with Crippen molar-refractivity contribution >= 4 is 5.70 Å². The zero-order valence-electron chi connectivity index (χ0n) is 18.9. The topological polar surface area (TPSA) is 6.48 Å². The molecule has 2 fully saturated rings. The first-order valence-electron chi connectivity index (χ1n) is 11.2. The van der Waals surface area contributed by atoms with Crippen molar-refractivity contribution in [2.75, 3.05) is 26.2 Å². The first-order valence-corrected chi connectivity index (χ1v) is 11.2. The Morgan fingerprint density at radius 1 is 1.00 bits per heavy atom. The van der Waals surface area contributed by atoms with Crippen molar-refractivity contribution in [1.82, 2.24) is 9.80 Å². The number of benzene rings is 1. The second-order valence-corrected chi connectivity index (χ2v) is 8.88. The van der Waals surface area contributed by atoms with Crippen molar-refractivity contribution in [1.29, 1.82) is 0 Å². The third-order valence-corrected chi connectivity index (χ3v) is 6.24. The molecule has 0 amide bonds. The second kappa shape index (κ2) is 9.52. The summed E-state index contributed by atoms with van der Waals surface area (Å²) in [4.78, 5) is 4.90. The van der Waals surface area contributed by atoms with E-state index in [1.54, 1.807) is 5.57 Å². The van der Waals surface area contributed by atoms with Gasteiger partial charge in [-0.25, -0.2) is 0 Å². The predicted octanol–water partition coefficient (Wildman–Crippen LogP) is 6.57. The lowest BCUT2D eigenvalue weighted by Gasteiger charge is -2.39. The SMILES string of the molecule is C=C(/C(=C\C(=C(C)C)C1CC1)CCC)N1CCN(C(=C)c2ccc(C)cc2)CC1. The molecule has 2 aliphatic rings. The zero-order valence-corrected chi connectivity index (χ0v) is 18.9. The standard InChI is InChI=1S/C27H38N2/c1-7-8-26(19-27(20(2)3)25-13-14-25)23(6)29-17-15-28(16-18-29)22(5)24-11-9-21(4)10-12-24/h9-12,19,25H,5-8,13-18H2,1-4H3/b26-19-. The Morgan fingerprint density at radius 2 is 1.59 bits per heavy atom. The van der Waals surface area contributed by atoms with E-state index < -0.39 is 0 Å². The van der Waals surface area contributed by atoms with Gasteiger partial charge in [0.25, 0.3) is 0 Å². The van der Waals surface area contributed by atoms with Crippen LogP contribution in [-0.4, -0.2) is 36.0 Å². The molecule has 1 saturated carbocycles. The van der Waals surface area contributed by atoms with Crippen molar-refractivity contribution in [2.45, 2.75) is 53.4 Å². The summed E-state index contributed by atoms with van der Waals surface area (Å²) in [5, 5.41) is 0. The quantitative estimate of drug-likeness (QED) is 0.463. The average Bonchev–Trinajstić information content (AvgIpc) is 3.55. The fraction of sp³-hybridized carbons (Fsp3) is 0.481. The lowest BCUT2D eigenvalue weighted by molar-refractivity contribution is 0.216. The normalized spacial score (nSPS) is 17.3. The van der Waals surface area contributed by atoms with Gasteiger partial charge in [-0.05, 0) is 62.7 Å². The molecule has 0 bridgehead atoms. The Balaban J connectivity index is 1.65. The van der Waals surface area contributed by atoms with Crippen molar-refractivity contribution in [3.63, 3.8) is 0 Å². The third kappa shape index (κ3) is 5.44. The molecule has 0 unspecified atom stereocenters. The first kappa shape index (κ1) is 21.5. The molecule has 0 aromatic heterocycles. The van der Waals surface area contributed by atoms with E-state index in [1.165, 1.54) is 40.8 Å². The van der Waals surface area contributed by atoms with E-state index in [0.29, 0.717) is 0 Å². The minimum atomic E-state index is 0.786. The van der Waals surface area contributed by atoms with E-state index >= 15 is 0 Å². The van der Waals surface area contributed by atoms with E-state index in [2.05, 4.69) is 81.0 Å². The Kier molecular flexibility index (Phi) is 7.05. The number of nitrogens with zero attached hydrogens (tertiary/aromatic N) is 2. The van der Waals surface area contributed by atoms with Crippen LogP contribution in [0.4, 0.5) is 0 Å². The molecule has 29 heavy (non-hydrogen) atoms. The van der Waals surface area contributed by atoms with Crippen LogP contribution in [0.1, 0.15) is 57.6 Å². The molecule has 1 saturated heterocycles. The molecule has 1 aromatic rings. The Hall–Kier alpha value is -2.22. The molecule has 1 heterocycles. The monoisotopic (exact) mass is 390 g/mol. The summed E-state index contributed by atoms with van der Waals surface area (Å²) in [6.45, 7) is 21.8. The highest BCUT2D eigenvalue weighted by Crippen LogP contribution is 2.40. The van der Waals surface area contributed by atoms with Crippen LogP contribution in [-0.2, 0) is 0 Å². The van der Waals surface area contributed by atoms with Crippen LogP contribution in [0.3, 0.4) is 0 Å². The number of piperazine rings is 1. The summed E-state index contributed by atoms with van der Waals surface area (Å²) < 4.78 is 0. The van der Waals surface area contributed by atoms with E-state index in [4.69, 9.17) is 0 Å². The highest BCUT2D eigenvalue weighted by Gasteiger charge is 2.27. The van der Waals surface area contributed by atoms with E-state index in [9.17, 15) is 0 Å². The molecule has 1 aliphatic heterocycles. The molecule has 0 N–H and O–H groups in total. The average molecular weight is 391 g/mol. The summed E-state index contributed by atoms with van der Waals surface area (Å²) >= 11 is 0. The molecule has 0 atom stereocenters. The molecule has 1 aromatic carbocycles. The van der Waals surface area contributed by atoms with Crippen LogP contribution in [0.15, 0.2) is 65.9 Å². The highest BCUT2D eigenvalue weighted by molar-refractivity contribution is 5.62. The summed E-state index contributed by atoms with van der Waals surface area (Å²) in [6.07, 6.45) is 7.44. The lowest BCUT2D eigenvalue weighted by atomic mass is 9.98. The maximum atomic E-state index is 4.52. The molecule has 1 aliphatic carbocycles. The molecular formula is C27H38N2. The summed E-state index contributed by atoms with van der Waals surface area (Å²) in [5.74, 6) is 0.786. The molecule has 156 valence electrons. The van der Waals surface area contributed by atoms with Crippen LogP contribution in [0.25, 0.3) is 5.70 Å². The Labute approximate surface area is 178 Å².